The van der Waals surface area contributed by atoms with Gasteiger partial charge in [-0.15, -0.1) is 0 Å². The van der Waals surface area contributed by atoms with Crippen molar-refractivity contribution >= 4 is 21.6 Å². The molecule has 1 fully saturated rings. The second-order valence-corrected chi connectivity index (χ2v) is 5.22. The van der Waals surface area contributed by atoms with E-state index in [4.69, 9.17) is 10.00 Å². The Kier molecular flexibility index (Phi) is 4.41. The summed E-state index contributed by atoms with van der Waals surface area (Å²) >= 11 is 3.40. The molecular weight excluding hydrogens is 280 g/mol. The van der Waals surface area contributed by atoms with Crippen molar-refractivity contribution in [3.63, 3.8) is 0 Å². The topological polar surface area (TPSA) is 45.0 Å². The number of nitriles is 1. The van der Waals surface area contributed by atoms with E-state index in [-0.39, 0.29) is 0 Å². The molecule has 0 bridgehead atoms. The Hall–Kier alpha value is -1.05. The molecule has 0 spiro atoms. The van der Waals surface area contributed by atoms with E-state index in [9.17, 15) is 0 Å². The number of rotatable bonds is 3. The van der Waals surface area contributed by atoms with Gasteiger partial charge < -0.3 is 10.1 Å². The third-order valence-electron chi connectivity index (χ3n) is 2.88. The van der Waals surface area contributed by atoms with Crippen LogP contribution in [0, 0.1) is 17.2 Å². The van der Waals surface area contributed by atoms with Crippen molar-refractivity contribution in [2.24, 2.45) is 5.92 Å². The van der Waals surface area contributed by atoms with E-state index < -0.39 is 0 Å². The van der Waals surface area contributed by atoms with Gasteiger partial charge in [-0.05, 0) is 37.0 Å². The van der Waals surface area contributed by atoms with E-state index >= 15 is 0 Å². The van der Waals surface area contributed by atoms with Crippen LogP contribution in [0.1, 0.15) is 18.4 Å². The summed E-state index contributed by atoms with van der Waals surface area (Å²) in [4.78, 5) is 0. The molecular formula is C13H15BrN2O. The van der Waals surface area contributed by atoms with Gasteiger partial charge in [-0.25, -0.2) is 0 Å². The van der Waals surface area contributed by atoms with E-state index in [0.29, 0.717) is 11.5 Å². The van der Waals surface area contributed by atoms with Crippen molar-refractivity contribution in [2.75, 3.05) is 25.1 Å². The summed E-state index contributed by atoms with van der Waals surface area (Å²) in [6.07, 6.45) is 2.36. The van der Waals surface area contributed by atoms with E-state index in [2.05, 4.69) is 27.3 Å². The van der Waals surface area contributed by atoms with Gasteiger partial charge in [0, 0.05) is 23.3 Å². The van der Waals surface area contributed by atoms with Gasteiger partial charge in [0.05, 0.1) is 18.2 Å². The van der Waals surface area contributed by atoms with Crippen molar-refractivity contribution in [1.29, 1.82) is 5.26 Å². The lowest BCUT2D eigenvalue weighted by atomic mass is 10.0. The van der Waals surface area contributed by atoms with Gasteiger partial charge in [-0.1, -0.05) is 15.9 Å². The minimum absolute atomic E-state index is 0.577. The fraction of sp³-hybridized carbons (Fsp3) is 0.462. The Morgan fingerprint density at radius 2 is 2.35 bits per heavy atom. The zero-order valence-electron chi connectivity index (χ0n) is 9.58. The highest BCUT2D eigenvalue weighted by Crippen LogP contribution is 2.20. The van der Waals surface area contributed by atoms with Crippen LogP contribution in [0.25, 0.3) is 0 Å². The number of nitrogens with one attached hydrogen (secondary N) is 1. The predicted molar refractivity (Wildman–Crippen MR) is 70.9 cm³/mol. The van der Waals surface area contributed by atoms with Crippen LogP contribution in [0.3, 0.4) is 0 Å². The van der Waals surface area contributed by atoms with Crippen LogP contribution < -0.4 is 5.32 Å². The number of benzene rings is 1. The Morgan fingerprint density at radius 1 is 1.47 bits per heavy atom. The maximum atomic E-state index is 8.88. The fourth-order valence-corrected chi connectivity index (χ4v) is 2.48. The number of hydrogen-bond donors (Lipinski definition) is 1. The molecule has 1 atom stereocenters. The zero-order valence-corrected chi connectivity index (χ0v) is 11.2. The zero-order chi connectivity index (χ0) is 12.1. The molecule has 1 N–H and O–H groups in total. The molecule has 0 saturated carbocycles. The number of ether oxygens (including phenoxy) is 1. The van der Waals surface area contributed by atoms with Gasteiger partial charge in [0.15, 0.2) is 0 Å². The Labute approximate surface area is 110 Å². The summed E-state index contributed by atoms with van der Waals surface area (Å²) in [5.74, 6) is 0.577. The first kappa shape index (κ1) is 12.4. The number of hydrogen-bond acceptors (Lipinski definition) is 3. The second-order valence-electron chi connectivity index (χ2n) is 4.30. The van der Waals surface area contributed by atoms with Crippen LogP contribution >= 0.6 is 15.9 Å². The number of nitrogens with zero attached hydrogens (tertiary/aromatic N) is 1. The number of anilines is 1. The molecule has 1 aromatic rings. The quantitative estimate of drug-likeness (QED) is 0.931. The predicted octanol–water partition coefficient (Wildman–Crippen LogP) is 3.16. The van der Waals surface area contributed by atoms with E-state index in [1.54, 1.807) is 0 Å². The average Bonchev–Trinajstić information content (AvgIpc) is 2.37. The monoisotopic (exact) mass is 294 g/mol. The second kappa shape index (κ2) is 6.04. The molecule has 1 aliphatic heterocycles. The minimum atomic E-state index is 0.577. The fourth-order valence-electron chi connectivity index (χ4n) is 1.99. The smallest absolute Gasteiger partial charge is 0.0992 e. The average molecular weight is 295 g/mol. The highest BCUT2D eigenvalue weighted by Gasteiger charge is 2.13. The minimum Gasteiger partial charge on any atom is -0.385 e. The molecule has 1 saturated heterocycles. The molecule has 0 aliphatic carbocycles. The summed E-state index contributed by atoms with van der Waals surface area (Å²) in [7, 11) is 0. The standard InChI is InChI=1S/C13H15BrN2O/c14-12-4-11(7-15)5-13(6-12)16-8-10-2-1-3-17-9-10/h4-6,10,16H,1-3,8-9H2. The normalized spacial score (nSPS) is 19.6. The highest BCUT2D eigenvalue weighted by atomic mass is 79.9. The van der Waals surface area contributed by atoms with Crippen LogP contribution in [0.2, 0.25) is 0 Å². The molecule has 17 heavy (non-hydrogen) atoms. The summed E-state index contributed by atoms with van der Waals surface area (Å²) in [6.45, 7) is 2.64. The Morgan fingerprint density at radius 3 is 3.06 bits per heavy atom. The summed E-state index contributed by atoms with van der Waals surface area (Å²) < 4.78 is 6.37. The third-order valence-corrected chi connectivity index (χ3v) is 3.33. The van der Waals surface area contributed by atoms with Gasteiger partial charge in [-0.2, -0.15) is 5.26 Å². The van der Waals surface area contributed by atoms with Gasteiger partial charge in [0.1, 0.15) is 0 Å². The Balaban J connectivity index is 1.94. The van der Waals surface area contributed by atoms with E-state index in [1.165, 1.54) is 6.42 Å². The highest BCUT2D eigenvalue weighted by molar-refractivity contribution is 9.10. The molecule has 2 rings (SSSR count). The van der Waals surface area contributed by atoms with Crippen molar-refractivity contribution < 1.29 is 4.74 Å². The largest absolute Gasteiger partial charge is 0.385 e. The maximum Gasteiger partial charge on any atom is 0.0992 e. The molecule has 1 heterocycles. The Bertz CT molecular complexity index is 422. The molecule has 3 nitrogen and oxygen atoms in total. The summed E-state index contributed by atoms with van der Waals surface area (Å²) in [6, 6.07) is 7.83. The summed E-state index contributed by atoms with van der Waals surface area (Å²) in [5, 5.41) is 12.3. The van der Waals surface area contributed by atoms with Crippen LogP contribution in [0.4, 0.5) is 5.69 Å². The van der Waals surface area contributed by atoms with Crippen molar-refractivity contribution in [1.82, 2.24) is 0 Å². The van der Waals surface area contributed by atoms with Crippen LogP contribution in [0.5, 0.6) is 0 Å². The van der Waals surface area contributed by atoms with Gasteiger partial charge in [0.25, 0.3) is 0 Å². The molecule has 1 unspecified atom stereocenters. The van der Waals surface area contributed by atoms with Crippen LogP contribution in [-0.4, -0.2) is 19.8 Å². The van der Waals surface area contributed by atoms with Crippen LogP contribution in [0.15, 0.2) is 22.7 Å². The first-order chi connectivity index (χ1) is 8.28. The van der Waals surface area contributed by atoms with Crippen molar-refractivity contribution in [2.45, 2.75) is 12.8 Å². The third kappa shape index (κ3) is 3.72. The van der Waals surface area contributed by atoms with Gasteiger partial charge in [0.2, 0.25) is 0 Å². The molecule has 90 valence electrons. The molecule has 1 aromatic carbocycles. The lowest BCUT2D eigenvalue weighted by molar-refractivity contribution is 0.0595. The summed E-state index contributed by atoms with van der Waals surface area (Å²) in [5.41, 5.74) is 1.66. The number of halogens is 1. The van der Waals surface area contributed by atoms with Crippen molar-refractivity contribution in [3.05, 3.63) is 28.2 Å². The molecule has 1 aliphatic rings. The lowest BCUT2D eigenvalue weighted by Gasteiger charge is -2.22. The molecule has 0 radical (unpaired) electrons. The maximum absolute atomic E-state index is 8.88. The SMILES string of the molecule is N#Cc1cc(Br)cc(NCC2CCCOC2)c1. The first-order valence-corrected chi connectivity index (χ1v) is 6.59. The van der Waals surface area contributed by atoms with E-state index in [1.807, 2.05) is 18.2 Å². The van der Waals surface area contributed by atoms with Gasteiger partial charge in [-0.3, -0.25) is 0 Å². The van der Waals surface area contributed by atoms with E-state index in [0.717, 1.165) is 36.3 Å². The van der Waals surface area contributed by atoms with Gasteiger partial charge >= 0.3 is 0 Å². The lowest BCUT2D eigenvalue weighted by Crippen LogP contribution is -2.24. The molecule has 4 heteroatoms. The van der Waals surface area contributed by atoms with Crippen molar-refractivity contribution in [3.8, 4) is 6.07 Å². The molecule has 0 amide bonds. The van der Waals surface area contributed by atoms with Crippen LogP contribution in [-0.2, 0) is 4.74 Å². The molecule has 0 aromatic heterocycles. The first-order valence-electron chi connectivity index (χ1n) is 5.80.